The van der Waals surface area contributed by atoms with Crippen molar-refractivity contribution in [3.63, 3.8) is 0 Å². The van der Waals surface area contributed by atoms with Crippen LogP contribution in [0.1, 0.15) is 31.2 Å². The Labute approximate surface area is 144 Å². The van der Waals surface area contributed by atoms with E-state index in [2.05, 4.69) is 4.90 Å². The molecule has 24 heavy (non-hydrogen) atoms. The molecule has 3 rings (SSSR count). The minimum absolute atomic E-state index is 0.00183. The molecule has 5 heteroatoms. The molecule has 130 valence electrons. The van der Waals surface area contributed by atoms with Crippen molar-refractivity contribution in [3.05, 3.63) is 29.8 Å². The molecule has 2 fully saturated rings. The Hall–Kier alpha value is -1.88. The monoisotopic (exact) mass is 329 g/mol. The van der Waals surface area contributed by atoms with Gasteiger partial charge in [-0.1, -0.05) is 30.5 Å². The fourth-order valence-electron chi connectivity index (χ4n) is 3.67. The average molecular weight is 329 g/mol. The van der Waals surface area contributed by atoms with E-state index in [1.807, 2.05) is 38.2 Å². The smallest absolute Gasteiger partial charge is 0.246 e. The van der Waals surface area contributed by atoms with Gasteiger partial charge in [0.05, 0.1) is 6.54 Å². The van der Waals surface area contributed by atoms with Gasteiger partial charge in [-0.15, -0.1) is 0 Å². The molecule has 1 aromatic rings. The number of aryl methyl sites for hydroxylation is 1. The number of piperazine rings is 1. The molecule has 0 unspecified atom stereocenters. The number of amides is 2. The predicted molar refractivity (Wildman–Crippen MR) is 95.0 cm³/mol. The first-order valence-corrected chi connectivity index (χ1v) is 8.89. The van der Waals surface area contributed by atoms with Gasteiger partial charge in [0.25, 0.3) is 0 Å². The van der Waals surface area contributed by atoms with Gasteiger partial charge in [0, 0.05) is 24.8 Å². The first-order valence-electron chi connectivity index (χ1n) is 8.89. The Morgan fingerprint density at radius 1 is 1.17 bits per heavy atom. The fourth-order valence-corrected chi connectivity index (χ4v) is 3.67. The molecule has 0 atom stereocenters. The Bertz CT molecular complexity index is 593. The highest BCUT2D eigenvalue weighted by atomic mass is 16.2. The van der Waals surface area contributed by atoms with Crippen molar-refractivity contribution < 1.29 is 9.59 Å². The third-order valence-corrected chi connectivity index (χ3v) is 5.25. The van der Waals surface area contributed by atoms with Crippen LogP contribution in [-0.2, 0) is 9.59 Å². The largest absolute Gasteiger partial charge is 0.330 e. The number of hydrogen-bond donors (Lipinski definition) is 0. The Kier molecular flexibility index (Phi) is 5.19. The van der Waals surface area contributed by atoms with Crippen LogP contribution in [0.4, 0.5) is 5.69 Å². The lowest BCUT2D eigenvalue weighted by molar-refractivity contribution is -0.137. The lowest BCUT2D eigenvalue weighted by Gasteiger charge is -2.35. The third kappa shape index (κ3) is 3.78. The molecule has 1 heterocycles. The zero-order valence-electron chi connectivity index (χ0n) is 14.7. The van der Waals surface area contributed by atoms with Crippen molar-refractivity contribution in [1.29, 1.82) is 0 Å². The zero-order valence-corrected chi connectivity index (χ0v) is 14.7. The number of rotatable bonds is 4. The zero-order chi connectivity index (χ0) is 17.1. The summed E-state index contributed by atoms with van der Waals surface area (Å²) in [6, 6.07) is 8.49. The maximum atomic E-state index is 12.5. The second-order valence-electron chi connectivity index (χ2n) is 7.05. The molecule has 2 aliphatic rings. The van der Waals surface area contributed by atoms with Crippen LogP contribution in [0.2, 0.25) is 0 Å². The quantitative estimate of drug-likeness (QED) is 0.849. The number of likely N-dealkylation sites (N-methyl/N-ethyl adjacent to an activating group) is 1. The molecule has 1 aliphatic carbocycles. The molecule has 0 bridgehead atoms. The molecular formula is C19H27N3O2. The number of nitrogens with zero attached hydrogens (tertiary/aromatic N) is 3. The number of carbonyl (C=O) groups excluding carboxylic acids is 2. The van der Waals surface area contributed by atoms with E-state index in [1.54, 1.807) is 9.80 Å². The summed E-state index contributed by atoms with van der Waals surface area (Å²) in [7, 11) is 2.03. The highest BCUT2D eigenvalue weighted by molar-refractivity contribution is 5.98. The molecule has 1 saturated heterocycles. The summed E-state index contributed by atoms with van der Waals surface area (Å²) in [6.45, 7) is 3.81. The van der Waals surface area contributed by atoms with Crippen LogP contribution >= 0.6 is 0 Å². The predicted octanol–water partition coefficient (Wildman–Crippen LogP) is 2.04. The summed E-state index contributed by atoms with van der Waals surface area (Å²) in [4.78, 5) is 30.6. The maximum absolute atomic E-state index is 12.5. The van der Waals surface area contributed by atoms with Gasteiger partial charge in [0.2, 0.25) is 11.8 Å². The molecule has 5 nitrogen and oxygen atoms in total. The van der Waals surface area contributed by atoms with Gasteiger partial charge in [0.1, 0.15) is 6.54 Å². The van der Waals surface area contributed by atoms with Gasteiger partial charge >= 0.3 is 0 Å². The van der Waals surface area contributed by atoms with Gasteiger partial charge in [-0.05, 0) is 38.9 Å². The fraction of sp³-hybridized carbons (Fsp3) is 0.579. The summed E-state index contributed by atoms with van der Waals surface area (Å²) < 4.78 is 0. The highest BCUT2D eigenvalue weighted by Gasteiger charge is 2.29. The second-order valence-corrected chi connectivity index (χ2v) is 7.05. The summed E-state index contributed by atoms with van der Waals surface area (Å²) in [5, 5.41) is 0. The molecular weight excluding hydrogens is 302 g/mol. The van der Waals surface area contributed by atoms with E-state index in [0.717, 1.165) is 5.69 Å². The van der Waals surface area contributed by atoms with Crippen molar-refractivity contribution >= 4 is 17.5 Å². The van der Waals surface area contributed by atoms with Crippen molar-refractivity contribution in [1.82, 2.24) is 9.80 Å². The molecule has 1 aliphatic heterocycles. The van der Waals surface area contributed by atoms with E-state index < -0.39 is 0 Å². The van der Waals surface area contributed by atoms with Gasteiger partial charge < -0.3 is 9.80 Å². The molecule has 1 saturated carbocycles. The molecule has 0 aromatic heterocycles. The van der Waals surface area contributed by atoms with Crippen LogP contribution in [0.5, 0.6) is 0 Å². The Morgan fingerprint density at radius 2 is 1.83 bits per heavy atom. The van der Waals surface area contributed by atoms with Gasteiger partial charge in [-0.3, -0.25) is 14.5 Å². The van der Waals surface area contributed by atoms with E-state index in [1.165, 1.54) is 31.2 Å². The van der Waals surface area contributed by atoms with Gasteiger partial charge in [0.15, 0.2) is 0 Å². The summed E-state index contributed by atoms with van der Waals surface area (Å²) in [5.41, 5.74) is 2.09. The molecule has 1 aromatic carbocycles. The van der Waals surface area contributed by atoms with Crippen molar-refractivity contribution in [2.75, 3.05) is 38.1 Å². The van der Waals surface area contributed by atoms with Crippen LogP contribution < -0.4 is 4.90 Å². The van der Waals surface area contributed by atoms with Crippen molar-refractivity contribution in [2.45, 2.75) is 38.6 Å². The Morgan fingerprint density at radius 3 is 2.46 bits per heavy atom. The summed E-state index contributed by atoms with van der Waals surface area (Å²) in [5.74, 6) is 0.0725. The SMILES string of the molecule is Cc1ccc(N2CCN(C(=O)CN(C)C3CCCC3)CC2=O)cc1. The summed E-state index contributed by atoms with van der Waals surface area (Å²) in [6.07, 6.45) is 4.89. The maximum Gasteiger partial charge on any atom is 0.246 e. The second kappa shape index (κ2) is 7.34. The standard InChI is InChI=1S/C19H27N3O2/c1-15-7-9-17(10-8-15)22-12-11-21(14-19(22)24)18(23)13-20(2)16-5-3-4-6-16/h7-10,16H,3-6,11-14H2,1-2H3. The topological polar surface area (TPSA) is 43.9 Å². The van der Waals surface area contributed by atoms with Gasteiger partial charge in [-0.2, -0.15) is 0 Å². The van der Waals surface area contributed by atoms with E-state index in [-0.39, 0.29) is 18.4 Å². The number of hydrogen-bond acceptors (Lipinski definition) is 3. The molecule has 0 N–H and O–H groups in total. The number of carbonyl (C=O) groups is 2. The van der Waals surface area contributed by atoms with E-state index in [4.69, 9.17) is 0 Å². The minimum Gasteiger partial charge on any atom is -0.330 e. The molecule has 0 spiro atoms. The number of anilines is 1. The van der Waals surface area contributed by atoms with Crippen LogP contribution in [0.25, 0.3) is 0 Å². The van der Waals surface area contributed by atoms with Gasteiger partial charge in [-0.25, -0.2) is 0 Å². The lowest BCUT2D eigenvalue weighted by atomic mass is 10.2. The molecule has 2 amide bonds. The van der Waals surface area contributed by atoms with Crippen LogP contribution in [-0.4, -0.2) is 60.9 Å². The van der Waals surface area contributed by atoms with E-state index in [9.17, 15) is 9.59 Å². The number of benzene rings is 1. The van der Waals surface area contributed by atoms with Crippen LogP contribution in [0.3, 0.4) is 0 Å². The average Bonchev–Trinajstić information content (AvgIpc) is 3.10. The minimum atomic E-state index is 0.00183. The summed E-state index contributed by atoms with van der Waals surface area (Å²) >= 11 is 0. The normalized spacial score (nSPS) is 19.4. The third-order valence-electron chi connectivity index (χ3n) is 5.25. The highest BCUT2D eigenvalue weighted by Crippen LogP contribution is 2.22. The first kappa shape index (κ1) is 17.0. The van der Waals surface area contributed by atoms with Crippen molar-refractivity contribution in [2.24, 2.45) is 0 Å². The van der Waals surface area contributed by atoms with Crippen LogP contribution in [0, 0.1) is 6.92 Å². The van der Waals surface area contributed by atoms with Crippen LogP contribution in [0.15, 0.2) is 24.3 Å². The first-order chi connectivity index (χ1) is 11.5. The Balaban J connectivity index is 1.55. The van der Waals surface area contributed by atoms with E-state index >= 15 is 0 Å². The van der Waals surface area contributed by atoms with Crippen molar-refractivity contribution in [3.8, 4) is 0 Å². The van der Waals surface area contributed by atoms with E-state index in [0.29, 0.717) is 25.7 Å². The lowest BCUT2D eigenvalue weighted by Crippen LogP contribution is -2.54. The molecule has 0 radical (unpaired) electrons.